The molecule has 0 saturated carbocycles. The van der Waals surface area contributed by atoms with Crippen LogP contribution in [0.25, 0.3) is 0 Å². The number of benzene rings is 1. The van der Waals surface area contributed by atoms with Gasteiger partial charge in [-0.05, 0) is 50.6 Å². The summed E-state index contributed by atoms with van der Waals surface area (Å²) in [6, 6.07) is 7.65. The summed E-state index contributed by atoms with van der Waals surface area (Å²) in [6.07, 6.45) is -2.27. The van der Waals surface area contributed by atoms with E-state index in [1.807, 2.05) is 7.05 Å². The van der Waals surface area contributed by atoms with Gasteiger partial charge in [0.2, 0.25) is 0 Å². The number of H-pyrrole nitrogens is 1. The van der Waals surface area contributed by atoms with Crippen LogP contribution in [-0.2, 0) is 6.42 Å². The zero-order chi connectivity index (χ0) is 18.0. The Bertz CT molecular complexity index is 751. The second-order valence-corrected chi connectivity index (χ2v) is 6.37. The van der Waals surface area contributed by atoms with Crippen LogP contribution in [0.3, 0.4) is 0 Å². The number of halogens is 3. The van der Waals surface area contributed by atoms with Crippen molar-refractivity contribution >= 4 is 0 Å². The predicted octanol–water partition coefficient (Wildman–Crippen LogP) is 3.29. The van der Waals surface area contributed by atoms with Crippen molar-refractivity contribution < 1.29 is 22.4 Å². The summed E-state index contributed by atoms with van der Waals surface area (Å²) in [5.41, 5.74) is 0.688. The maximum atomic E-state index is 12.2. The number of aromatic amines is 1. The average molecular weight is 356 g/mol. The third-order valence-electron chi connectivity index (χ3n) is 4.58. The Kier molecular flexibility index (Phi) is 4.89. The fraction of sp³-hybridized carbons (Fsp3) is 0.471. The molecule has 1 N–H and O–H groups in total. The third kappa shape index (κ3) is 4.66. The predicted molar refractivity (Wildman–Crippen MR) is 84.6 cm³/mol. The number of hydrogen-bond donors (Lipinski definition) is 1. The molecule has 0 aliphatic carbocycles. The molecule has 0 radical (unpaired) electrons. The minimum Gasteiger partial charge on any atom is -0.406 e. The molecule has 1 aliphatic rings. The normalized spacial score (nSPS) is 22.1. The molecule has 0 amide bonds. The Morgan fingerprint density at radius 2 is 2.04 bits per heavy atom. The first-order chi connectivity index (χ1) is 11.8. The number of nitrogens with one attached hydrogen (secondary N) is 1. The first kappa shape index (κ1) is 17.6. The number of piperidine rings is 1. The molecule has 3 rings (SSSR count). The summed E-state index contributed by atoms with van der Waals surface area (Å²) >= 11 is 0. The van der Waals surface area contributed by atoms with Crippen molar-refractivity contribution in [3.8, 4) is 5.75 Å². The van der Waals surface area contributed by atoms with E-state index in [-0.39, 0.29) is 23.3 Å². The number of hydrogen-bond acceptors (Lipinski definition) is 4. The van der Waals surface area contributed by atoms with E-state index in [9.17, 15) is 18.0 Å². The zero-order valence-electron chi connectivity index (χ0n) is 13.7. The Balaban J connectivity index is 1.65. The molecule has 1 aliphatic heterocycles. The molecule has 2 atom stereocenters. The van der Waals surface area contributed by atoms with Gasteiger partial charge >= 0.3 is 6.36 Å². The molecule has 1 aromatic carbocycles. The summed E-state index contributed by atoms with van der Waals surface area (Å²) in [5.74, 6) is 0.602. The molecule has 2 aromatic rings. The van der Waals surface area contributed by atoms with Gasteiger partial charge in [-0.3, -0.25) is 4.79 Å². The lowest BCUT2D eigenvalue weighted by Crippen LogP contribution is -2.40. The molecule has 136 valence electrons. The van der Waals surface area contributed by atoms with E-state index >= 15 is 0 Å². The van der Waals surface area contributed by atoms with Crippen LogP contribution in [0.4, 0.5) is 13.2 Å². The molecule has 2 heterocycles. The van der Waals surface area contributed by atoms with Crippen LogP contribution in [0.1, 0.15) is 30.1 Å². The summed E-state index contributed by atoms with van der Waals surface area (Å²) in [7, 11) is 2.02. The zero-order valence-corrected chi connectivity index (χ0v) is 13.7. The Labute approximate surface area is 142 Å². The van der Waals surface area contributed by atoms with Crippen LogP contribution >= 0.6 is 0 Å². The Morgan fingerprint density at radius 1 is 1.32 bits per heavy atom. The van der Waals surface area contributed by atoms with Crippen molar-refractivity contribution in [2.75, 3.05) is 13.6 Å². The molecule has 25 heavy (non-hydrogen) atoms. The van der Waals surface area contributed by atoms with E-state index in [0.29, 0.717) is 12.2 Å². The van der Waals surface area contributed by atoms with Crippen LogP contribution in [-0.4, -0.2) is 36.1 Å². The largest absolute Gasteiger partial charge is 0.573 e. The first-order valence-corrected chi connectivity index (χ1v) is 8.03. The van der Waals surface area contributed by atoms with Crippen LogP contribution in [0.15, 0.2) is 39.6 Å². The lowest BCUT2D eigenvalue weighted by molar-refractivity contribution is -0.274. The van der Waals surface area contributed by atoms with Gasteiger partial charge in [-0.25, -0.2) is 0 Å². The van der Waals surface area contributed by atoms with Gasteiger partial charge in [0.15, 0.2) is 0 Å². The van der Waals surface area contributed by atoms with E-state index < -0.39 is 6.36 Å². The minimum atomic E-state index is -4.68. The van der Waals surface area contributed by atoms with Gasteiger partial charge in [0.25, 0.3) is 5.56 Å². The molecular formula is C17H19F3N2O3. The van der Waals surface area contributed by atoms with E-state index in [0.717, 1.165) is 24.9 Å². The minimum absolute atomic E-state index is 0.160. The molecule has 8 heteroatoms. The van der Waals surface area contributed by atoms with Crippen molar-refractivity contribution in [3.05, 3.63) is 52.0 Å². The summed E-state index contributed by atoms with van der Waals surface area (Å²) in [4.78, 5) is 13.5. The highest BCUT2D eigenvalue weighted by Gasteiger charge is 2.31. The van der Waals surface area contributed by atoms with E-state index in [4.69, 9.17) is 4.52 Å². The van der Waals surface area contributed by atoms with Gasteiger partial charge in [0, 0.05) is 18.0 Å². The standard InChI is InChI=1S/C17H19F3N2O3/c1-22-7-6-12(15-10-16(23)21-25-15)9-13(22)8-11-2-4-14(5-3-11)24-17(18,19)20/h2-5,10,12-13H,6-9H2,1H3,(H,21,23). The lowest BCUT2D eigenvalue weighted by Gasteiger charge is -2.36. The number of alkyl halides is 3. The highest BCUT2D eigenvalue weighted by Crippen LogP contribution is 2.32. The van der Waals surface area contributed by atoms with Crippen LogP contribution in [0.5, 0.6) is 5.75 Å². The summed E-state index contributed by atoms with van der Waals surface area (Å²) in [5, 5.41) is 2.32. The number of ether oxygens (including phenoxy) is 1. The van der Waals surface area contributed by atoms with Gasteiger partial charge in [-0.1, -0.05) is 12.1 Å². The average Bonchev–Trinajstić information content (AvgIpc) is 2.96. The van der Waals surface area contributed by atoms with Gasteiger partial charge in [-0.2, -0.15) is 5.16 Å². The van der Waals surface area contributed by atoms with E-state index in [1.165, 1.54) is 18.2 Å². The van der Waals surface area contributed by atoms with Gasteiger partial charge in [0.05, 0.1) is 0 Å². The fourth-order valence-electron chi connectivity index (χ4n) is 3.26. The smallest absolute Gasteiger partial charge is 0.406 e. The summed E-state index contributed by atoms with van der Waals surface area (Å²) in [6.45, 7) is 0.861. The van der Waals surface area contributed by atoms with E-state index in [2.05, 4.69) is 14.8 Å². The molecule has 5 nitrogen and oxygen atoms in total. The van der Waals surface area contributed by atoms with Crippen molar-refractivity contribution in [2.24, 2.45) is 0 Å². The highest BCUT2D eigenvalue weighted by atomic mass is 19.4. The third-order valence-corrected chi connectivity index (χ3v) is 4.58. The Hall–Kier alpha value is -2.22. The maximum absolute atomic E-state index is 12.2. The molecule has 0 spiro atoms. The lowest BCUT2D eigenvalue weighted by atomic mass is 9.86. The monoisotopic (exact) mass is 356 g/mol. The molecule has 2 unspecified atom stereocenters. The Morgan fingerprint density at radius 3 is 2.64 bits per heavy atom. The topological polar surface area (TPSA) is 58.5 Å². The second kappa shape index (κ2) is 6.95. The van der Waals surface area contributed by atoms with Gasteiger partial charge < -0.3 is 14.2 Å². The number of likely N-dealkylation sites (N-methyl/N-ethyl adjacent to an activating group) is 1. The van der Waals surface area contributed by atoms with Crippen molar-refractivity contribution in [3.63, 3.8) is 0 Å². The van der Waals surface area contributed by atoms with Crippen molar-refractivity contribution in [2.45, 2.75) is 37.6 Å². The van der Waals surface area contributed by atoms with Gasteiger partial charge in [0.1, 0.15) is 11.5 Å². The van der Waals surface area contributed by atoms with Crippen LogP contribution < -0.4 is 10.3 Å². The molecule has 0 bridgehead atoms. The quantitative estimate of drug-likeness (QED) is 0.913. The number of rotatable bonds is 4. The SMILES string of the molecule is CN1CCC(c2cc(=O)[nH]o2)CC1Cc1ccc(OC(F)(F)F)cc1. The summed E-state index contributed by atoms with van der Waals surface area (Å²) < 4.78 is 45.7. The molecule has 1 saturated heterocycles. The highest BCUT2D eigenvalue weighted by molar-refractivity contribution is 5.28. The van der Waals surface area contributed by atoms with Crippen molar-refractivity contribution in [1.29, 1.82) is 0 Å². The fourth-order valence-corrected chi connectivity index (χ4v) is 3.26. The van der Waals surface area contributed by atoms with Gasteiger partial charge in [-0.15, -0.1) is 13.2 Å². The number of likely N-dealkylation sites (tertiary alicyclic amines) is 1. The van der Waals surface area contributed by atoms with Crippen LogP contribution in [0.2, 0.25) is 0 Å². The molecule has 1 fully saturated rings. The first-order valence-electron chi connectivity index (χ1n) is 8.03. The molecule has 1 aromatic heterocycles. The van der Waals surface area contributed by atoms with E-state index in [1.54, 1.807) is 12.1 Å². The maximum Gasteiger partial charge on any atom is 0.573 e. The number of aromatic nitrogens is 1. The van der Waals surface area contributed by atoms with Crippen molar-refractivity contribution in [1.82, 2.24) is 10.1 Å². The van der Waals surface area contributed by atoms with Crippen LogP contribution in [0, 0.1) is 0 Å². The molecular weight excluding hydrogens is 337 g/mol. The number of nitrogens with zero attached hydrogens (tertiary/aromatic N) is 1. The second-order valence-electron chi connectivity index (χ2n) is 6.37.